The molecule has 4 heterocycles. The normalized spacial score (nSPS) is 22.6. The lowest BCUT2D eigenvalue weighted by Crippen LogP contribution is -2.49. The molecule has 0 radical (unpaired) electrons. The number of aromatic nitrogens is 1. The molecule has 1 aromatic rings. The Hall–Kier alpha value is -2.68. The highest BCUT2D eigenvalue weighted by Gasteiger charge is 2.30. The van der Waals surface area contributed by atoms with Gasteiger partial charge >= 0.3 is 6.09 Å². The first-order chi connectivity index (χ1) is 16.5. The fourth-order valence-electron chi connectivity index (χ4n) is 5.07. The highest BCUT2D eigenvalue weighted by molar-refractivity contribution is 6.00. The number of nitrogens with one attached hydrogen (secondary N) is 1. The molecule has 34 heavy (non-hydrogen) atoms. The third-order valence-corrected chi connectivity index (χ3v) is 7.24. The van der Waals surface area contributed by atoms with Crippen molar-refractivity contribution >= 4 is 23.6 Å². The number of imide groups is 1. The molecule has 0 spiro atoms. The van der Waals surface area contributed by atoms with Crippen LogP contribution in [0.25, 0.3) is 0 Å². The Balaban J connectivity index is 1.21. The zero-order chi connectivity index (χ0) is 23.9. The monoisotopic (exact) mass is 471 g/mol. The molecule has 9 heteroatoms. The maximum atomic E-state index is 12.2. The van der Waals surface area contributed by atoms with Gasteiger partial charge in [0.2, 0.25) is 11.8 Å². The smallest absolute Gasteiger partial charge is 0.409 e. The van der Waals surface area contributed by atoms with Gasteiger partial charge in [0, 0.05) is 58.4 Å². The summed E-state index contributed by atoms with van der Waals surface area (Å²) in [5.74, 6) is -0.107. The van der Waals surface area contributed by atoms with Crippen LogP contribution in [0.1, 0.15) is 56.9 Å². The molecule has 0 aromatic carbocycles. The molecule has 9 nitrogen and oxygen atoms in total. The van der Waals surface area contributed by atoms with E-state index >= 15 is 0 Å². The van der Waals surface area contributed by atoms with E-state index in [1.165, 1.54) is 0 Å². The molecule has 3 aliphatic rings. The number of pyridine rings is 1. The van der Waals surface area contributed by atoms with Crippen molar-refractivity contribution in [1.82, 2.24) is 20.1 Å². The summed E-state index contributed by atoms with van der Waals surface area (Å²) in [6, 6.07) is 2.05. The van der Waals surface area contributed by atoms with Crippen LogP contribution in [0.4, 0.5) is 10.5 Å². The highest BCUT2D eigenvalue weighted by atomic mass is 16.6. The molecule has 4 rings (SSSR count). The number of likely N-dealkylation sites (tertiary alicyclic amines) is 1. The van der Waals surface area contributed by atoms with Crippen LogP contribution in [0, 0.1) is 5.92 Å². The molecule has 0 saturated carbocycles. The number of nitrogens with zero attached hydrogens (tertiary/aromatic N) is 4. The van der Waals surface area contributed by atoms with Gasteiger partial charge in [-0.25, -0.2) is 4.79 Å². The summed E-state index contributed by atoms with van der Waals surface area (Å²) < 4.78 is 5.35. The van der Waals surface area contributed by atoms with Crippen LogP contribution in [0.2, 0.25) is 0 Å². The van der Waals surface area contributed by atoms with Gasteiger partial charge in [0.1, 0.15) is 0 Å². The lowest BCUT2D eigenvalue weighted by molar-refractivity contribution is -0.134. The first kappa shape index (κ1) is 24.4. The molecule has 1 aromatic heterocycles. The zero-order valence-electron chi connectivity index (χ0n) is 20.2. The molecule has 1 N–H and O–H groups in total. The van der Waals surface area contributed by atoms with Gasteiger partial charge in [-0.05, 0) is 43.2 Å². The summed E-state index contributed by atoms with van der Waals surface area (Å²) in [5, 5.41) is 2.44. The van der Waals surface area contributed by atoms with Crippen molar-refractivity contribution in [3.8, 4) is 0 Å². The minimum absolute atomic E-state index is 0.159. The maximum Gasteiger partial charge on any atom is 0.409 e. The minimum Gasteiger partial charge on any atom is -0.449 e. The Morgan fingerprint density at radius 3 is 2.56 bits per heavy atom. The molecule has 3 saturated heterocycles. The van der Waals surface area contributed by atoms with E-state index < -0.39 is 0 Å². The molecule has 1 atom stereocenters. The van der Waals surface area contributed by atoms with Crippen molar-refractivity contribution in [2.24, 2.45) is 5.92 Å². The Labute approximate surface area is 201 Å². The fourth-order valence-corrected chi connectivity index (χ4v) is 5.07. The number of carbonyl (C=O) groups is 3. The van der Waals surface area contributed by atoms with E-state index in [2.05, 4.69) is 33.1 Å². The summed E-state index contributed by atoms with van der Waals surface area (Å²) in [4.78, 5) is 46.9. The average molecular weight is 472 g/mol. The van der Waals surface area contributed by atoms with Gasteiger partial charge in [-0.1, -0.05) is 13.3 Å². The van der Waals surface area contributed by atoms with Crippen LogP contribution in [0.5, 0.6) is 0 Å². The van der Waals surface area contributed by atoms with Gasteiger partial charge in [0.15, 0.2) is 0 Å². The van der Waals surface area contributed by atoms with E-state index in [1.54, 1.807) is 6.20 Å². The highest BCUT2D eigenvalue weighted by Crippen LogP contribution is 2.28. The van der Waals surface area contributed by atoms with Crippen molar-refractivity contribution < 1.29 is 19.1 Å². The van der Waals surface area contributed by atoms with Gasteiger partial charge in [-0.15, -0.1) is 0 Å². The number of carbonyl (C=O) groups excluding carboxylic acids is 3. The molecule has 3 fully saturated rings. The first-order valence-corrected chi connectivity index (χ1v) is 12.7. The topological polar surface area (TPSA) is 95.1 Å². The SMILES string of the molecule is CCCCOC(=O)N1CCC(CN2CCN(c3cncc(C4CCC(=O)NC4=O)c3)CC2)CC1. The van der Waals surface area contributed by atoms with E-state index in [0.29, 0.717) is 25.4 Å². The molecule has 0 aliphatic carbocycles. The van der Waals surface area contributed by atoms with Crippen LogP contribution >= 0.6 is 0 Å². The predicted octanol–water partition coefficient (Wildman–Crippen LogP) is 2.37. The molecule has 186 valence electrons. The number of piperidine rings is 2. The number of rotatable bonds is 7. The number of hydrogen-bond acceptors (Lipinski definition) is 7. The summed E-state index contributed by atoms with van der Waals surface area (Å²) in [6.45, 7) is 9.07. The number of anilines is 1. The van der Waals surface area contributed by atoms with Crippen LogP contribution in [0.15, 0.2) is 18.5 Å². The number of piperazine rings is 1. The Morgan fingerprint density at radius 1 is 1.09 bits per heavy atom. The molecule has 3 amide bonds. The summed E-state index contributed by atoms with van der Waals surface area (Å²) >= 11 is 0. The van der Waals surface area contributed by atoms with E-state index in [0.717, 1.165) is 82.7 Å². The van der Waals surface area contributed by atoms with Crippen LogP contribution in [-0.2, 0) is 14.3 Å². The molecule has 0 bridgehead atoms. The van der Waals surface area contributed by atoms with Crippen LogP contribution in [-0.4, -0.2) is 85.1 Å². The van der Waals surface area contributed by atoms with Gasteiger partial charge in [0.25, 0.3) is 0 Å². The van der Waals surface area contributed by atoms with Crippen LogP contribution < -0.4 is 10.2 Å². The van der Waals surface area contributed by atoms with Crippen molar-refractivity contribution in [2.45, 2.75) is 51.4 Å². The number of unbranched alkanes of at least 4 members (excludes halogenated alkanes) is 1. The van der Waals surface area contributed by atoms with E-state index in [-0.39, 0.29) is 23.8 Å². The molecule has 3 aliphatic heterocycles. The predicted molar refractivity (Wildman–Crippen MR) is 129 cm³/mol. The lowest BCUT2D eigenvalue weighted by Gasteiger charge is -2.39. The summed E-state index contributed by atoms with van der Waals surface area (Å²) in [5.41, 5.74) is 1.92. The second-order valence-electron chi connectivity index (χ2n) is 9.67. The second kappa shape index (κ2) is 11.6. The minimum atomic E-state index is -0.304. The van der Waals surface area contributed by atoms with Crippen molar-refractivity contribution in [3.63, 3.8) is 0 Å². The molecular formula is C25H37N5O4. The van der Waals surface area contributed by atoms with E-state index in [1.807, 2.05) is 11.1 Å². The van der Waals surface area contributed by atoms with Gasteiger partial charge in [0.05, 0.1) is 24.4 Å². The molecule has 1 unspecified atom stereocenters. The fraction of sp³-hybridized carbons (Fsp3) is 0.680. The first-order valence-electron chi connectivity index (χ1n) is 12.7. The van der Waals surface area contributed by atoms with Crippen molar-refractivity contribution in [1.29, 1.82) is 0 Å². The average Bonchev–Trinajstić information content (AvgIpc) is 2.85. The Kier molecular flexibility index (Phi) is 8.37. The number of hydrogen-bond donors (Lipinski definition) is 1. The maximum absolute atomic E-state index is 12.2. The van der Waals surface area contributed by atoms with Gasteiger partial charge in [-0.3, -0.25) is 24.8 Å². The van der Waals surface area contributed by atoms with Gasteiger partial charge in [-0.2, -0.15) is 0 Å². The zero-order valence-corrected chi connectivity index (χ0v) is 20.2. The quantitative estimate of drug-likeness (QED) is 0.482. The summed E-state index contributed by atoms with van der Waals surface area (Å²) in [7, 11) is 0. The standard InChI is InChI=1S/C25H37N5O4/c1-2-3-14-34-25(33)30-8-6-19(7-9-30)18-28-10-12-29(13-11-28)21-15-20(16-26-17-21)22-4-5-23(31)27-24(22)32/h15-17,19,22H,2-14,18H2,1H3,(H,27,31,32). The Bertz CT molecular complexity index is 863. The third kappa shape index (κ3) is 6.25. The lowest BCUT2D eigenvalue weighted by atomic mass is 9.91. The third-order valence-electron chi connectivity index (χ3n) is 7.24. The largest absolute Gasteiger partial charge is 0.449 e. The Morgan fingerprint density at radius 2 is 1.85 bits per heavy atom. The van der Waals surface area contributed by atoms with Crippen molar-refractivity contribution in [3.05, 3.63) is 24.0 Å². The van der Waals surface area contributed by atoms with Crippen LogP contribution in [0.3, 0.4) is 0 Å². The number of ether oxygens (including phenoxy) is 1. The van der Waals surface area contributed by atoms with Gasteiger partial charge < -0.3 is 14.5 Å². The van der Waals surface area contributed by atoms with E-state index in [4.69, 9.17) is 4.74 Å². The second-order valence-corrected chi connectivity index (χ2v) is 9.67. The van der Waals surface area contributed by atoms with Crippen molar-refractivity contribution in [2.75, 3.05) is 57.3 Å². The summed E-state index contributed by atoms with van der Waals surface area (Å²) in [6.07, 6.45) is 8.37. The van der Waals surface area contributed by atoms with E-state index in [9.17, 15) is 14.4 Å². The number of amides is 3. The molecular weight excluding hydrogens is 434 g/mol.